The summed E-state index contributed by atoms with van der Waals surface area (Å²) >= 11 is 6.62. The van der Waals surface area contributed by atoms with E-state index >= 15 is 0 Å². The molecule has 2 N–H and O–H groups in total. The maximum Gasteiger partial charge on any atom is 0.305 e. The number of benzene rings is 1. The van der Waals surface area contributed by atoms with Crippen molar-refractivity contribution in [2.24, 2.45) is 11.8 Å². The third-order valence-electron chi connectivity index (χ3n) is 7.64. The Morgan fingerprint density at radius 1 is 1.18 bits per heavy atom. The van der Waals surface area contributed by atoms with Crippen molar-refractivity contribution in [3.05, 3.63) is 47.5 Å². The molecule has 5 heteroatoms. The fraction of sp³-hybridized carbons (Fsp3) is 0.679. The van der Waals surface area contributed by atoms with Crippen LogP contribution in [0, 0.1) is 11.8 Å². The maximum atomic E-state index is 11.2. The monoisotopic (exact) mass is 476 g/mol. The predicted molar refractivity (Wildman–Crippen MR) is 133 cm³/mol. The molecule has 5 atom stereocenters. The number of carbonyl (C=O) groups is 1. The van der Waals surface area contributed by atoms with Gasteiger partial charge in [0.25, 0.3) is 0 Å². The number of hydrogen-bond donors (Lipinski definition) is 2. The zero-order valence-corrected chi connectivity index (χ0v) is 20.8. The van der Waals surface area contributed by atoms with Crippen LogP contribution in [-0.4, -0.2) is 34.8 Å². The van der Waals surface area contributed by atoms with Crippen molar-refractivity contribution < 1.29 is 19.7 Å². The first-order valence-electron chi connectivity index (χ1n) is 12.8. The van der Waals surface area contributed by atoms with Crippen LogP contribution in [0.1, 0.15) is 100 Å². The number of aliphatic hydroxyl groups is 2. The Bertz CT molecular complexity index is 741. The lowest BCUT2D eigenvalue weighted by Gasteiger charge is -2.24. The van der Waals surface area contributed by atoms with Crippen molar-refractivity contribution in [1.29, 1.82) is 0 Å². The Labute approximate surface area is 204 Å². The smallest absolute Gasteiger partial charge is 0.305 e. The lowest BCUT2D eigenvalue weighted by molar-refractivity contribution is -0.140. The fourth-order valence-electron chi connectivity index (χ4n) is 5.64. The number of aliphatic hydroxyl groups excluding tert-OH is 2. The van der Waals surface area contributed by atoms with Gasteiger partial charge in [-0.1, -0.05) is 68.5 Å². The van der Waals surface area contributed by atoms with E-state index in [-0.39, 0.29) is 23.2 Å². The molecule has 1 unspecified atom stereocenters. The van der Waals surface area contributed by atoms with Crippen molar-refractivity contribution in [3.8, 4) is 0 Å². The first-order chi connectivity index (χ1) is 16.0. The Morgan fingerprint density at radius 3 is 2.61 bits per heavy atom. The Kier molecular flexibility index (Phi) is 10.7. The zero-order valence-electron chi connectivity index (χ0n) is 20.0. The number of carbonyl (C=O) groups excluding carboxylic acids is 1. The summed E-state index contributed by atoms with van der Waals surface area (Å²) in [5.74, 6) is 0.767. The molecule has 0 spiro atoms. The molecular formula is C28H41ClO4. The number of halogens is 1. The summed E-state index contributed by atoms with van der Waals surface area (Å²) in [5.41, 5.74) is 2.06. The zero-order chi connectivity index (χ0) is 23.6. The van der Waals surface area contributed by atoms with Gasteiger partial charge in [-0.15, -0.1) is 11.6 Å². The molecule has 1 aromatic rings. The second kappa shape index (κ2) is 13.5. The number of hydrogen-bond acceptors (Lipinski definition) is 4. The molecule has 33 heavy (non-hydrogen) atoms. The van der Waals surface area contributed by atoms with Gasteiger partial charge in [-0.2, -0.15) is 0 Å². The average molecular weight is 477 g/mol. The van der Waals surface area contributed by atoms with E-state index in [0.717, 1.165) is 49.1 Å². The summed E-state index contributed by atoms with van der Waals surface area (Å²) in [4.78, 5) is 11.2. The van der Waals surface area contributed by atoms with Gasteiger partial charge in [0, 0.05) is 17.7 Å². The van der Waals surface area contributed by atoms with E-state index in [1.807, 2.05) is 12.1 Å². The SMILES string of the molecule is COC(=O)CCCC=CC[C@@H]1[C@@H](c2ccc(C(O)CCC3CCCCC3)cc2)[C@H](O)C[C@H]1Cl. The highest BCUT2D eigenvalue weighted by atomic mass is 35.5. The molecular weight excluding hydrogens is 436 g/mol. The Balaban J connectivity index is 1.53. The molecule has 2 aliphatic rings. The van der Waals surface area contributed by atoms with Gasteiger partial charge in [0.15, 0.2) is 0 Å². The molecule has 0 saturated heterocycles. The largest absolute Gasteiger partial charge is 0.469 e. The highest BCUT2D eigenvalue weighted by Gasteiger charge is 2.41. The summed E-state index contributed by atoms with van der Waals surface area (Å²) in [6.45, 7) is 0. The van der Waals surface area contributed by atoms with Crippen LogP contribution >= 0.6 is 11.6 Å². The van der Waals surface area contributed by atoms with Crippen molar-refractivity contribution in [1.82, 2.24) is 0 Å². The molecule has 0 radical (unpaired) electrons. The highest BCUT2D eigenvalue weighted by molar-refractivity contribution is 6.21. The molecule has 0 aliphatic heterocycles. The van der Waals surface area contributed by atoms with Crippen LogP contribution in [0.15, 0.2) is 36.4 Å². The molecule has 3 rings (SSSR count). The molecule has 0 amide bonds. The first kappa shape index (κ1) is 26.2. The van der Waals surface area contributed by atoms with Crippen LogP contribution in [-0.2, 0) is 9.53 Å². The summed E-state index contributed by atoms with van der Waals surface area (Å²) in [6.07, 6.45) is 15.4. The van der Waals surface area contributed by atoms with Crippen LogP contribution in [0.3, 0.4) is 0 Å². The number of methoxy groups -OCH3 is 1. The molecule has 1 aromatic carbocycles. The molecule has 2 fully saturated rings. The van der Waals surface area contributed by atoms with E-state index in [1.165, 1.54) is 39.2 Å². The number of rotatable bonds is 11. The van der Waals surface area contributed by atoms with E-state index in [2.05, 4.69) is 29.0 Å². The van der Waals surface area contributed by atoms with E-state index in [9.17, 15) is 15.0 Å². The van der Waals surface area contributed by atoms with Gasteiger partial charge in [-0.05, 0) is 61.5 Å². The Hall–Kier alpha value is -1.36. The average Bonchev–Trinajstić information content (AvgIpc) is 3.12. The van der Waals surface area contributed by atoms with Gasteiger partial charge in [0.1, 0.15) is 0 Å². The minimum atomic E-state index is -0.452. The molecule has 0 bridgehead atoms. The minimum absolute atomic E-state index is 0.000603. The minimum Gasteiger partial charge on any atom is -0.469 e. The molecule has 0 aromatic heterocycles. The highest BCUT2D eigenvalue weighted by Crippen LogP contribution is 2.45. The predicted octanol–water partition coefficient (Wildman–Crippen LogP) is 6.44. The Morgan fingerprint density at radius 2 is 1.91 bits per heavy atom. The first-order valence-corrected chi connectivity index (χ1v) is 13.2. The lowest BCUT2D eigenvalue weighted by Crippen LogP contribution is -2.18. The van der Waals surface area contributed by atoms with Crippen molar-refractivity contribution in [3.63, 3.8) is 0 Å². The normalized spacial score (nSPS) is 27.2. The van der Waals surface area contributed by atoms with Crippen molar-refractivity contribution in [2.75, 3.05) is 7.11 Å². The van der Waals surface area contributed by atoms with Gasteiger partial charge in [0.2, 0.25) is 0 Å². The summed E-state index contributed by atoms with van der Waals surface area (Å²) < 4.78 is 4.67. The van der Waals surface area contributed by atoms with Crippen LogP contribution in [0.5, 0.6) is 0 Å². The van der Waals surface area contributed by atoms with Crippen molar-refractivity contribution in [2.45, 2.75) is 101 Å². The molecule has 184 valence electrons. The molecule has 2 saturated carbocycles. The standard InChI is InChI=1S/C28H41ClO4/c1-33-27(32)12-8-3-2-7-11-23-24(29)19-26(31)28(23)22-16-14-21(15-17-22)25(30)18-13-20-9-5-4-6-10-20/h2,7,14-17,20,23-26,28,30-31H,3-6,8-13,18-19H2,1H3/t23-,24+,25?,26+,28+/m0/s1. The van der Waals surface area contributed by atoms with Crippen LogP contribution in [0.2, 0.25) is 0 Å². The van der Waals surface area contributed by atoms with Crippen LogP contribution < -0.4 is 0 Å². The van der Waals surface area contributed by atoms with E-state index in [1.54, 1.807) is 0 Å². The van der Waals surface area contributed by atoms with E-state index < -0.39 is 12.2 Å². The van der Waals surface area contributed by atoms with Gasteiger partial charge in [-0.3, -0.25) is 4.79 Å². The summed E-state index contributed by atoms with van der Waals surface area (Å²) in [6, 6.07) is 8.17. The summed E-state index contributed by atoms with van der Waals surface area (Å²) in [7, 11) is 1.41. The second-order valence-electron chi connectivity index (χ2n) is 9.95. The molecule has 2 aliphatic carbocycles. The lowest BCUT2D eigenvalue weighted by atomic mass is 9.83. The maximum absolute atomic E-state index is 11.2. The second-order valence-corrected chi connectivity index (χ2v) is 10.5. The van der Waals surface area contributed by atoms with Gasteiger partial charge < -0.3 is 14.9 Å². The third kappa shape index (κ3) is 7.83. The number of alkyl halides is 1. The number of unbranched alkanes of at least 4 members (excludes halogenated alkanes) is 1. The number of allylic oxidation sites excluding steroid dienone is 2. The van der Waals surface area contributed by atoms with Crippen LogP contribution in [0.25, 0.3) is 0 Å². The van der Waals surface area contributed by atoms with Crippen LogP contribution in [0.4, 0.5) is 0 Å². The third-order valence-corrected chi connectivity index (χ3v) is 8.14. The topological polar surface area (TPSA) is 66.8 Å². The van der Waals surface area contributed by atoms with Gasteiger partial charge in [-0.25, -0.2) is 0 Å². The van der Waals surface area contributed by atoms with Gasteiger partial charge >= 0.3 is 5.97 Å². The van der Waals surface area contributed by atoms with E-state index in [0.29, 0.717) is 12.8 Å². The summed E-state index contributed by atoms with van der Waals surface area (Å²) in [5, 5.41) is 21.3. The fourth-order valence-corrected chi connectivity index (χ4v) is 6.08. The van der Waals surface area contributed by atoms with Gasteiger partial charge in [0.05, 0.1) is 19.3 Å². The van der Waals surface area contributed by atoms with Crippen molar-refractivity contribution >= 4 is 17.6 Å². The molecule has 4 nitrogen and oxygen atoms in total. The quantitative estimate of drug-likeness (QED) is 0.167. The molecule has 0 heterocycles. The number of ether oxygens (including phenoxy) is 1. The number of esters is 1. The van der Waals surface area contributed by atoms with E-state index in [4.69, 9.17) is 11.6 Å².